The van der Waals surface area contributed by atoms with Gasteiger partial charge in [-0.15, -0.1) is 0 Å². The van der Waals surface area contributed by atoms with Gasteiger partial charge in [0.25, 0.3) is 0 Å². The van der Waals surface area contributed by atoms with Crippen molar-refractivity contribution in [1.82, 2.24) is 19.7 Å². The lowest BCUT2D eigenvalue weighted by Gasteiger charge is -2.03. The van der Waals surface area contributed by atoms with Crippen LogP contribution in [-0.2, 0) is 0 Å². The summed E-state index contributed by atoms with van der Waals surface area (Å²) in [6.07, 6.45) is 3.93. The zero-order chi connectivity index (χ0) is 8.55. The molecule has 0 saturated heterocycles. The van der Waals surface area contributed by atoms with E-state index < -0.39 is 5.69 Å². The van der Waals surface area contributed by atoms with Crippen LogP contribution in [0.15, 0.2) is 23.4 Å². The molecule has 0 saturated carbocycles. The second kappa shape index (κ2) is 2.26. The van der Waals surface area contributed by atoms with Crippen molar-refractivity contribution < 1.29 is 5.21 Å². The maximum atomic E-state index is 10.7. The van der Waals surface area contributed by atoms with Crippen LogP contribution in [0.3, 0.4) is 0 Å². The number of hydrogen-bond donors (Lipinski definition) is 1. The molecule has 0 unspecified atom stereocenters. The fourth-order valence-corrected chi connectivity index (χ4v) is 0.858. The standard InChI is InChI=1S/C6H4N4O2/c11-6-8-3-4-5(9-6)10(12)2-1-7-4/h1-3,12H. The molecule has 2 heterocycles. The molecule has 0 aromatic carbocycles. The van der Waals surface area contributed by atoms with Gasteiger partial charge in [-0.3, -0.25) is 0 Å². The van der Waals surface area contributed by atoms with Crippen molar-refractivity contribution >= 4 is 0 Å². The summed E-state index contributed by atoms with van der Waals surface area (Å²) in [5.74, 6) is 0.109. The van der Waals surface area contributed by atoms with E-state index in [1.165, 1.54) is 18.6 Å². The van der Waals surface area contributed by atoms with Gasteiger partial charge in [0.05, 0.1) is 12.4 Å². The SMILES string of the molecule is O=c1ncc2nccn(O)c-2n1. The van der Waals surface area contributed by atoms with Crippen LogP contribution in [0.4, 0.5) is 0 Å². The van der Waals surface area contributed by atoms with Gasteiger partial charge >= 0.3 is 5.69 Å². The minimum absolute atomic E-state index is 0.109. The number of aromatic nitrogens is 4. The molecule has 60 valence electrons. The Hall–Kier alpha value is -1.98. The van der Waals surface area contributed by atoms with Gasteiger partial charge in [0.1, 0.15) is 5.69 Å². The van der Waals surface area contributed by atoms with Gasteiger partial charge in [0.15, 0.2) is 0 Å². The minimum atomic E-state index is -0.640. The van der Waals surface area contributed by atoms with Crippen LogP contribution in [0.25, 0.3) is 11.5 Å². The van der Waals surface area contributed by atoms with Crippen molar-refractivity contribution in [3.05, 3.63) is 29.1 Å². The average Bonchev–Trinajstić information content (AvgIpc) is 2.07. The Morgan fingerprint density at radius 3 is 3.08 bits per heavy atom. The van der Waals surface area contributed by atoms with Gasteiger partial charge in [-0.25, -0.2) is 9.78 Å². The van der Waals surface area contributed by atoms with E-state index in [9.17, 15) is 4.79 Å². The molecule has 2 aliphatic heterocycles. The molecule has 0 radical (unpaired) electrons. The summed E-state index contributed by atoms with van der Waals surface area (Å²) in [5, 5.41) is 9.14. The van der Waals surface area contributed by atoms with Crippen molar-refractivity contribution in [2.45, 2.75) is 0 Å². The second-order valence-corrected chi connectivity index (χ2v) is 2.13. The molecule has 0 amide bonds. The van der Waals surface area contributed by atoms with Gasteiger partial charge in [0.2, 0.25) is 5.82 Å². The van der Waals surface area contributed by atoms with Crippen LogP contribution in [-0.4, -0.2) is 24.9 Å². The van der Waals surface area contributed by atoms with E-state index in [0.717, 1.165) is 4.73 Å². The lowest BCUT2D eigenvalue weighted by atomic mass is 10.4. The normalized spacial score (nSPS) is 10.3. The molecule has 0 spiro atoms. The molecule has 6 heteroatoms. The van der Waals surface area contributed by atoms with Crippen LogP contribution < -0.4 is 5.69 Å². The molecule has 12 heavy (non-hydrogen) atoms. The Bertz CT molecular complexity index is 438. The Morgan fingerprint density at radius 2 is 2.25 bits per heavy atom. The van der Waals surface area contributed by atoms with Crippen LogP contribution >= 0.6 is 0 Å². The van der Waals surface area contributed by atoms with Crippen LogP contribution in [0.2, 0.25) is 0 Å². The first-order valence-electron chi connectivity index (χ1n) is 3.17. The van der Waals surface area contributed by atoms with Crippen molar-refractivity contribution in [2.24, 2.45) is 0 Å². The summed E-state index contributed by atoms with van der Waals surface area (Å²) in [4.78, 5) is 21.4. The van der Waals surface area contributed by atoms with Crippen molar-refractivity contribution in [3.8, 4) is 11.5 Å². The van der Waals surface area contributed by atoms with Crippen LogP contribution in [0.5, 0.6) is 0 Å². The predicted molar refractivity (Wildman–Crippen MR) is 37.9 cm³/mol. The third-order valence-electron chi connectivity index (χ3n) is 1.37. The molecular weight excluding hydrogens is 160 g/mol. The van der Waals surface area contributed by atoms with E-state index in [1.807, 2.05) is 0 Å². The summed E-state index contributed by atoms with van der Waals surface area (Å²) < 4.78 is 0.728. The molecule has 0 aromatic rings. The monoisotopic (exact) mass is 164 g/mol. The maximum Gasteiger partial charge on any atom is 0.369 e. The molecule has 0 atom stereocenters. The molecule has 2 aliphatic rings. The summed E-state index contributed by atoms with van der Waals surface area (Å²) in [6.45, 7) is 0. The van der Waals surface area contributed by atoms with E-state index in [1.54, 1.807) is 0 Å². The highest BCUT2D eigenvalue weighted by Crippen LogP contribution is 2.09. The average molecular weight is 164 g/mol. The van der Waals surface area contributed by atoms with E-state index in [4.69, 9.17) is 5.21 Å². The highest BCUT2D eigenvalue weighted by atomic mass is 16.5. The topological polar surface area (TPSA) is 80.9 Å². The fourth-order valence-electron chi connectivity index (χ4n) is 0.858. The molecular formula is C6H4N4O2. The first-order valence-corrected chi connectivity index (χ1v) is 3.17. The number of nitrogens with zero attached hydrogens (tertiary/aromatic N) is 4. The molecule has 6 nitrogen and oxygen atoms in total. The largest absolute Gasteiger partial charge is 0.427 e. The Balaban J connectivity index is 2.87. The smallest absolute Gasteiger partial charge is 0.369 e. The van der Waals surface area contributed by atoms with Crippen LogP contribution in [0.1, 0.15) is 0 Å². The van der Waals surface area contributed by atoms with E-state index in [-0.39, 0.29) is 5.82 Å². The van der Waals surface area contributed by atoms with E-state index >= 15 is 0 Å². The lowest BCUT2D eigenvalue weighted by Crippen LogP contribution is -2.15. The Morgan fingerprint density at radius 1 is 1.42 bits per heavy atom. The molecule has 1 N–H and O–H groups in total. The van der Waals surface area contributed by atoms with Crippen molar-refractivity contribution in [2.75, 3.05) is 0 Å². The minimum Gasteiger partial charge on any atom is -0.427 e. The highest BCUT2D eigenvalue weighted by Gasteiger charge is 2.08. The third-order valence-corrected chi connectivity index (χ3v) is 1.37. The molecule has 0 fully saturated rings. The first-order chi connectivity index (χ1) is 5.77. The summed E-state index contributed by atoms with van der Waals surface area (Å²) in [5.41, 5.74) is -0.266. The van der Waals surface area contributed by atoms with Crippen molar-refractivity contribution in [3.63, 3.8) is 0 Å². The fraction of sp³-hybridized carbons (Fsp3) is 0. The zero-order valence-electron chi connectivity index (χ0n) is 5.88. The van der Waals surface area contributed by atoms with Crippen molar-refractivity contribution in [1.29, 1.82) is 0 Å². The predicted octanol–water partition coefficient (Wildman–Crippen LogP) is -0.625. The van der Waals surface area contributed by atoms with Gasteiger partial charge in [-0.1, -0.05) is 0 Å². The van der Waals surface area contributed by atoms with Gasteiger partial charge in [-0.05, 0) is 0 Å². The quantitative estimate of drug-likeness (QED) is 0.524. The Labute approximate surface area is 66.5 Å². The molecule has 2 rings (SSSR count). The first kappa shape index (κ1) is 6.71. The second-order valence-electron chi connectivity index (χ2n) is 2.13. The van der Waals surface area contributed by atoms with Crippen LogP contribution in [0, 0.1) is 0 Å². The van der Waals surface area contributed by atoms with Gasteiger partial charge < -0.3 is 5.21 Å². The maximum absolute atomic E-state index is 10.7. The zero-order valence-corrected chi connectivity index (χ0v) is 5.88. The number of fused-ring (bicyclic) bond motifs is 1. The summed E-state index contributed by atoms with van der Waals surface area (Å²) in [6, 6.07) is 0. The number of rotatable bonds is 0. The Kier molecular flexibility index (Phi) is 1.26. The van der Waals surface area contributed by atoms with E-state index in [0.29, 0.717) is 5.69 Å². The molecule has 0 aromatic heterocycles. The molecule has 0 bridgehead atoms. The third kappa shape index (κ3) is 0.895. The summed E-state index contributed by atoms with van der Waals surface area (Å²) >= 11 is 0. The number of hydrogen-bond acceptors (Lipinski definition) is 5. The van der Waals surface area contributed by atoms with E-state index in [2.05, 4.69) is 15.0 Å². The van der Waals surface area contributed by atoms with Gasteiger partial charge in [0, 0.05) is 6.20 Å². The lowest BCUT2D eigenvalue weighted by molar-refractivity contribution is 0.185. The van der Waals surface area contributed by atoms with Gasteiger partial charge in [-0.2, -0.15) is 14.7 Å². The molecule has 0 aliphatic carbocycles. The summed E-state index contributed by atoms with van der Waals surface area (Å²) in [7, 11) is 0. The highest BCUT2D eigenvalue weighted by molar-refractivity contribution is 5.46.